The van der Waals surface area contributed by atoms with E-state index in [1.807, 2.05) is 30.5 Å². The average molecular weight is 315 g/mol. The lowest BCUT2D eigenvalue weighted by atomic mass is 10.0. The van der Waals surface area contributed by atoms with Crippen molar-refractivity contribution in [3.05, 3.63) is 59.4 Å². The monoisotopic (exact) mass is 315 g/mol. The molecule has 0 atom stereocenters. The Balaban J connectivity index is 1.33. The third-order valence-electron chi connectivity index (χ3n) is 4.73. The van der Waals surface area contributed by atoms with Crippen LogP contribution in [0.3, 0.4) is 0 Å². The Morgan fingerprint density at radius 1 is 1.00 bits per heavy atom. The topological polar surface area (TPSA) is 47.4 Å². The summed E-state index contributed by atoms with van der Waals surface area (Å²) in [7, 11) is 0. The number of ether oxygens (including phenoxy) is 1. The molecule has 0 unspecified atom stereocenters. The first-order valence-electron chi connectivity index (χ1n) is 8.41. The molecule has 4 heteroatoms. The number of aliphatic imine (C=N–C) groups is 1. The molecule has 0 spiro atoms. The Morgan fingerprint density at radius 2 is 1.92 bits per heavy atom. The van der Waals surface area contributed by atoms with E-state index in [1.165, 1.54) is 16.8 Å². The van der Waals surface area contributed by atoms with E-state index in [-0.39, 0.29) is 0 Å². The average Bonchev–Trinajstić information content (AvgIpc) is 3.22. The molecule has 0 saturated heterocycles. The van der Waals surface area contributed by atoms with Gasteiger partial charge in [0.05, 0.1) is 29.0 Å². The molecule has 0 fully saturated rings. The number of aryl methyl sites for hydroxylation is 1. The highest BCUT2D eigenvalue weighted by Gasteiger charge is 2.20. The molecule has 1 aromatic heterocycles. The van der Waals surface area contributed by atoms with Gasteiger partial charge in [-0.2, -0.15) is 0 Å². The van der Waals surface area contributed by atoms with Gasteiger partial charge < -0.3 is 4.74 Å². The summed E-state index contributed by atoms with van der Waals surface area (Å²) in [6.07, 6.45) is 5.65. The van der Waals surface area contributed by atoms with Gasteiger partial charge in [-0.1, -0.05) is 12.1 Å². The molecule has 3 heterocycles. The molecule has 2 aromatic carbocycles. The number of hydrogen-bond acceptors (Lipinski definition) is 4. The van der Waals surface area contributed by atoms with Crippen LogP contribution in [-0.2, 0) is 19.3 Å². The van der Waals surface area contributed by atoms with Crippen molar-refractivity contribution >= 4 is 22.4 Å². The molecule has 5 rings (SSSR count). The van der Waals surface area contributed by atoms with Crippen molar-refractivity contribution < 1.29 is 4.74 Å². The van der Waals surface area contributed by atoms with Crippen molar-refractivity contribution in [3.8, 4) is 5.75 Å². The normalized spacial score (nSPS) is 15.1. The third kappa shape index (κ3) is 2.35. The molecule has 24 heavy (non-hydrogen) atoms. The fourth-order valence-electron chi connectivity index (χ4n) is 3.47. The fourth-order valence-corrected chi connectivity index (χ4v) is 3.47. The van der Waals surface area contributed by atoms with Gasteiger partial charge in [-0.25, -0.2) is 4.98 Å². The minimum atomic E-state index is 0.801. The van der Waals surface area contributed by atoms with Crippen LogP contribution in [0.5, 0.6) is 5.75 Å². The van der Waals surface area contributed by atoms with E-state index in [0.29, 0.717) is 0 Å². The van der Waals surface area contributed by atoms with Crippen molar-refractivity contribution in [2.24, 2.45) is 4.99 Å². The van der Waals surface area contributed by atoms with E-state index in [9.17, 15) is 0 Å². The molecule has 2 aliphatic heterocycles. The Labute approximate surface area is 140 Å². The molecular formula is C20H17N3O. The smallest absolute Gasteiger partial charge is 0.124 e. The zero-order chi connectivity index (χ0) is 15.9. The number of rotatable bonds is 3. The van der Waals surface area contributed by atoms with Gasteiger partial charge in [-0.3, -0.25) is 9.98 Å². The van der Waals surface area contributed by atoms with E-state index in [1.54, 1.807) is 0 Å². The van der Waals surface area contributed by atoms with Crippen molar-refractivity contribution in [2.45, 2.75) is 25.7 Å². The van der Waals surface area contributed by atoms with Crippen LogP contribution in [0.1, 0.15) is 23.2 Å². The quantitative estimate of drug-likeness (QED) is 0.738. The maximum Gasteiger partial charge on any atom is 0.124 e. The molecule has 0 bridgehead atoms. The van der Waals surface area contributed by atoms with Crippen molar-refractivity contribution in [2.75, 3.05) is 6.61 Å². The Kier molecular flexibility index (Phi) is 3.08. The van der Waals surface area contributed by atoms with Gasteiger partial charge in [0.1, 0.15) is 5.75 Å². The van der Waals surface area contributed by atoms with Crippen LogP contribution < -0.4 is 4.74 Å². The molecule has 4 nitrogen and oxygen atoms in total. The molecular weight excluding hydrogens is 298 g/mol. The molecule has 0 N–H and O–H groups in total. The minimum Gasteiger partial charge on any atom is -0.493 e. The molecule has 0 radical (unpaired) electrons. The third-order valence-corrected chi connectivity index (χ3v) is 4.73. The summed E-state index contributed by atoms with van der Waals surface area (Å²) in [5.74, 6) is 1.01. The number of nitrogens with zero attached hydrogens (tertiary/aromatic N) is 3. The van der Waals surface area contributed by atoms with Crippen molar-refractivity contribution in [1.29, 1.82) is 0 Å². The van der Waals surface area contributed by atoms with Crippen LogP contribution in [0, 0.1) is 0 Å². The lowest BCUT2D eigenvalue weighted by molar-refractivity contribution is 0.357. The maximum absolute atomic E-state index is 5.64. The second-order valence-electron chi connectivity index (χ2n) is 6.39. The highest BCUT2D eigenvalue weighted by atomic mass is 16.5. The summed E-state index contributed by atoms with van der Waals surface area (Å²) in [6.45, 7) is 0.801. The number of hydrogen-bond donors (Lipinski definition) is 0. The highest BCUT2D eigenvalue weighted by Crippen LogP contribution is 2.37. The Hall–Kier alpha value is -2.75. The van der Waals surface area contributed by atoms with Crippen LogP contribution in [0.2, 0.25) is 0 Å². The van der Waals surface area contributed by atoms with Gasteiger partial charge >= 0.3 is 0 Å². The molecule has 3 aromatic rings. The maximum atomic E-state index is 5.64. The summed E-state index contributed by atoms with van der Waals surface area (Å²) in [5, 5.41) is 0. The number of para-hydroxylation sites is 2. The standard InChI is InChI=1S/C20H17N3O/c1-2-4-18-17(3-1)21-12-16(23-18)6-5-15-10-14-9-13-7-8-24-20(13)11-19(14)22-15/h1-4,9,11-12H,5-8,10H2. The zero-order valence-corrected chi connectivity index (χ0v) is 13.3. The van der Waals surface area contributed by atoms with E-state index in [4.69, 9.17) is 14.7 Å². The van der Waals surface area contributed by atoms with Crippen LogP contribution >= 0.6 is 0 Å². The van der Waals surface area contributed by atoms with Gasteiger partial charge in [0.15, 0.2) is 0 Å². The molecule has 2 aliphatic rings. The Morgan fingerprint density at radius 3 is 2.88 bits per heavy atom. The van der Waals surface area contributed by atoms with E-state index < -0.39 is 0 Å². The SMILES string of the molecule is c1ccc2nc(CCC3=Nc4cc5c(cc4C3)CCO5)cnc2c1. The summed E-state index contributed by atoms with van der Waals surface area (Å²) < 4.78 is 5.64. The van der Waals surface area contributed by atoms with Gasteiger partial charge in [0, 0.05) is 30.8 Å². The largest absolute Gasteiger partial charge is 0.493 e. The van der Waals surface area contributed by atoms with Gasteiger partial charge in [-0.05, 0) is 42.2 Å². The zero-order valence-electron chi connectivity index (χ0n) is 13.3. The van der Waals surface area contributed by atoms with Crippen LogP contribution in [-0.4, -0.2) is 22.3 Å². The number of benzene rings is 2. The van der Waals surface area contributed by atoms with E-state index >= 15 is 0 Å². The first-order valence-corrected chi connectivity index (χ1v) is 8.41. The Bertz CT molecular complexity index is 978. The van der Waals surface area contributed by atoms with E-state index in [2.05, 4.69) is 17.1 Å². The summed E-state index contributed by atoms with van der Waals surface area (Å²) in [5.41, 5.74) is 7.89. The minimum absolute atomic E-state index is 0.801. The van der Waals surface area contributed by atoms with Gasteiger partial charge in [0.25, 0.3) is 0 Å². The first-order chi connectivity index (χ1) is 11.8. The predicted octanol–water partition coefficient (Wildman–Crippen LogP) is 3.83. The summed E-state index contributed by atoms with van der Waals surface area (Å²) in [4.78, 5) is 14.0. The first kappa shape index (κ1) is 13.7. The molecule has 0 amide bonds. The molecule has 118 valence electrons. The van der Waals surface area contributed by atoms with Crippen molar-refractivity contribution in [3.63, 3.8) is 0 Å². The second kappa shape index (κ2) is 5.41. The lowest BCUT2D eigenvalue weighted by Crippen LogP contribution is -2.02. The predicted molar refractivity (Wildman–Crippen MR) is 94.3 cm³/mol. The number of aromatic nitrogens is 2. The highest BCUT2D eigenvalue weighted by molar-refractivity contribution is 5.94. The van der Waals surface area contributed by atoms with Crippen LogP contribution in [0.25, 0.3) is 11.0 Å². The van der Waals surface area contributed by atoms with Crippen molar-refractivity contribution in [1.82, 2.24) is 9.97 Å². The van der Waals surface area contributed by atoms with Crippen LogP contribution in [0.4, 0.5) is 5.69 Å². The lowest BCUT2D eigenvalue weighted by Gasteiger charge is -2.03. The molecule has 0 aliphatic carbocycles. The van der Waals surface area contributed by atoms with Gasteiger partial charge in [0.2, 0.25) is 0 Å². The van der Waals surface area contributed by atoms with Gasteiger partial charge in [-0.15, -0.1) is 0 Å². The summed E-state index contributed by atoms with van der Waals surface area (Å²) in [6, 6.07) is 12.4. The molecule has 0 saturated carbocycles. The number of fused-ring (bicyclic) bond motifs is 3. The summed E-state index contributed by atoms with van der Waals surface area (Å²) >= 11 is 0. The second-order valence-corrected chi connectivity index (χ2v) is 6.39. The fraction of sp³-hybridized carbons (Fsp3) is 0.250. The van der Waals surface area contributed by atoms with Crippen LogP contribution in [0.15, 0.2) is 47.6 Å². The van der Waals surface area contributed by atoms with E-state index in [0.717, 1.165) is 60.5 Å².